The number of imidazole rings is 1. The third-order valence-electron chi connectivity index (χ3n) is 4.07. The van der Waals surface area contributed by atoms with Crippen molar-refractivity contribution in [2.24, 2.45) is 7.05 Å². The summed E-state index contributed by atoms with van der Waals surface area (Å²) in [4.78, 5) is 26.6. The molecule has 0 saturated heterocycles. The zero-order valence-corrected chi connectivity index (χ0v) is 15.3. The van der Waals surface area contributed by atoms with Crippen molar-refractivity contribution in [1.82, 2.24) is 14.9 Å². The number of carbonyl (C=O) groups excluding carboxylic acids is 1. The average Bonchev–Trinajstić information content (AvgIpc) is 2.86. The van der Waals surface area contributed by atoms with Crippen molar-refractivity contribution < 1.29 is 13.2 Å². The minimum absolute atomic E-state index is 0.00503. The second-order valence-electron chi connectivity index (χ2n) is 6.29. The number of H-pyrrole nitrogens is 1. The van der Waals surface area contributed by atoms with E-state index in [0.29, 0.717) is 23.2 Å². The van der Waals surface area contributed by atoms with Gasteiger partial charge in [-0.3, -0.25) is 9.36 Å². The minimum Gasteiger partial charge on any atom is -0.348 e. The number of carbonyl (C=O) groups is 1. The van der Waals surface area contributed by atoms with E-state index in [1.807, 2.05) is 0 Å². The van der Waals surface area contributed by atoms with Crippen molar-refractivity contribution in [1.29, 1.82) is 0 Å². The van der Waals surface area contributed by atoms with Gasteiger partial charge in [0.1, 0.15) is 0 Å². The summed E-state index contributed by atoms with van der Waals surface area (Å²) < 4.78 is 24.1. The Labute approximate surface area is 150 Å². The van der Waals surface area contributed by atoms with Crippen molar-refractivity contribution in [3.8, 4) is 0 Å². The Morgan fingerprint density at radius 1 is 1.12 bits per heavy atom. The minimum atomic E-state index is -3.07. The third kappa shape index (κ3) is 4.02. The van der Waals surface area contributed by atoms with Gasteiger partial charge in [0.15, 0.2) is 9.84 Å². The fourth-order valence-corrected chi connectivity index (χ4v) is 3.52. The highest BCUT2D eigenvalue weighted by Crippen LogP contribution is 2.12. The zero-order chi connectivity index (χ0) is 18.9. The van der Waals surface area contributed by atoms with Crippen LogP contribution in [0.2, 0.25) is 0 Å². The highest BCUT2D eigenvalue weighted by molar-refractivity contribution is 7.89. The molecule has 2 N–H and O–H groups in total. The molecule has 0 saturated carbocycles. The molecule has 8 heteroatoms. The van der Waals surface area contributed by atoms with Crippen LogP contribution in [0.4, 0.5) is 0 Å². The maximum atomic E-state index is 12.3. The lowest BCUT2D eigenvalue weighted by molar-refractivity contribution is 0.0951. The summed E-state index contributed by atoms with van der Waals surface area (Å²) in [5.41, 5.74) is 3.13. The van der Waals surface area contributed by atoms with Crippen LogP contribution in [0, 0.1) is 0 Å². The van der Waals surface area contributed by atoms with Crippen LogP contribution < -0.4 is 11.0 Å². The summed E-state index contributed by atoms with van der Waals surface area (Å²) >= 11 is 0. The summed E-state index contributed by atoms with van der Waals surface area (Å²) in [5.74, 6) is -0.258. The van der Waals surface area contributed by atoms with Gasteiger partial charge < -0.3 is 10.3 Å². The smallest absolute Gasteiger partial charge is 0.326 e. The van der Waals surface area contributed by atoms with Crippen LogP contribution in [-0.4, -0.2) is 30.1 Å². The van der Waals surface area contributed by atoms with Crippen molar-refractivity contribution in [3.63, 3.8) is 0 Å². The standard InChI is InChI=1S/C18H19N3O4S/c1-21-16-8-7-14(9-15(16)20-18(21)23)17(22)19-10-12-3-5-13(6-4-12)11-26(2,24)25/h3-9H,10-11H2,1-2H3,(H,19,22)(H,20,23). The molecule has 0 bridgehead atoms. The molecular formula is C18H19N3O4S. The van der Waals surface area contributed by atoms with E-state index in [-0.39, 0.29) is 17.3 Å². The predicted octanol–water partition coefficient (Wildman–Crippen LogP) is 1.34. The van der Waals surface area contributed by atoms with Crippen molar-refractivity contribution in [2.75, 3.05) is 6.26 Å². The average molecular weight is 373 g/mol. The van der Waals surface area contributed by atoms with E-state index in [0.717, 1.165) is 11.1 Å². The van der Waals surface area contributed by atoms with Crippen molar-refractivity contribution >= 4 is 26.8 Å². The first-order valence-corrected chi connectivity index (χ1v) is 10.0. The van der Waals surface area contributed by atoms with Gasteiger partial charge in [0.25, 0.3) is 5.91 Å². The van der Waals surface area contributed by atoms with E-state index in [1.54, 1.807) is 49.5 Å². The van der Waals surface area contributed by atoms with Gasteiger partial charge >= 0.3 is 5.69 Å². The molecule has 7 nitrogen and oxygen atoms in total. The first-order chi connectivity index (χ1) is 12.2. The van der Waals surface area contributed by atoms with Crippen molar-refractivity contribution in [3.05, 3.63) is 69.6 Å². The third-order valence-corrected chi connectivity index (χ3v) is 4.93. The summed E-state index contributed by atoms with van der Waals surface area (Å²) in [6.45, 7) is 0.321. The van der Waals surface area contributed by atoms with Gasteiger partial charge in [-0.1, -0.05) is 24.3 Å². The van der Waals surface area contributed by atoms with E-state index >= 15 is 0 Å². The Morgan fingerprint density at radius 3 is 2.42 bits per heavy atom. The number of rotatable bonds is 5. The number of aryl methyl sites for hydroxylation is 1. The van der Waals surface area contributed by atoms with Crippen LogP contribution in [0.25, 0.3) is 11.0 Å². The van der Waals surface area contributed by atoms with Gasteiger partial charge in [-0.15, -0.1) is 0 Å². The number of benzene rings is 2. The largest absolute Gasteiger partial charge is 0.348 e. The molecular weight excluding hydrogens is 354 g/mol. The molecule has 0 spiro atoms. The lowest BCUT2D eigenvalue weighted by atomic mass is 10.1. The Kier molecular flexibility index (Phi) is 4.69. The molecule has 0 unspecified atom stereocenters. The summed E-state index contributed by atoms with van der Waals surface area (Å²) in [7, 11) is -1.41. The second kappa shape index (κ2) is 6.80. The topological polar surface area (TPSA) is 101 Å². The van der Waals surface area contributed by atoms with Gasteiger partial charge in [-0.25, -0.2) is 13.2 Å². The van der Waals surface area contributed by atoms with Crippen LogP contribution in [-0.2, 0) is 29.2 Å². The normalized spacial score (nSPS) is 11.6. The number of aromatic nitrogens is 2. The van der Waals surface area contributed by atoms with Crippen LogP contribution in [0.1, 0.15) is 21.5 Å². The fourth-order valence-electron chi connectivity index (χ4n) is 2.72. The molecule has 1 heterocycles. The zero-order valence-electron chi connectivity index (χ0n) is 14.4. The highest BCUT2D eigenvalue weighted by atomic mass is 32.2. The Balaban J connectivity index is 1.68. The molecule has 0 radical (unpaired) electrons. The van der Waals surface area contributed by atoms with E-state index < -0.39 is 9.84 Å². The van der Waals surface area contributed by atoms with E-state index in [9.17, 15) is 18.0 Å². The van der Waals surface area contributed by atoms with Gasteiger partial charge in [-0.05, 0) is 29.3 Å². The Morgan fingerprint density at radius 2 is 1.77 bits per heavy atom. The quantitative estimate of drug-likeness (QED) is 0.705. The second-order valence-corrected chi connectivity index (χ2v) is 8.43. The lowest BCUT2D eigenvalue weighted by Gasteiger charge is -2.07. The van der Waals surface area contributed by atoms with Crippen LogP contribution in [0.3, 0.4) is 0 Å². The molecule has 0 aliphatic heterocycles. The summed E-state index contributed by atoms with van der Waals surface area (Å²) in [5, 5.41) is 2.81. The highest BCUT2D eigenvalue weighted by Gasteiger charge is 2.10. The first kappa shape index (κ1) is 17.9. The molecule has 3 aromatic rings. The Bertz CT molecular complexity index is 1130. The molecule has 0 fully saturated rings. The molecule has 136 valence electrons. The number of nitrogens with zero attached hydrogens (tertiary/aromatic N) is 1. The van der Waals surface area contributed by atoms with Gasteiger partial charge in [0, 0.05) is 25.4 Å². The fraction of sp³-hybridized carbons (Fsp3) is 0.222. The van der Waals surface area contributed by atoms with Gasteiger partial charge in [-0.2, -0.15) is 0 Å². The van der Waals surface area contributed by atoms with Crippen LogP contribution >= 0.6 is 0 Å². The van der Waals surface area contributed by atoms with Gasteiger partial charge in [0.05, 0.1) is 16.8 Å². The van der Waals surface area contributed by atoms with Crippen LogP contribution in [0.5, 0.6) is 0 Å². The van der Waals surface area contributed by atoms with E-state index in [2.05, 4.69) is 10.3 Å². The monoisotopic (exact) mass is 373 g/mol. The molecule has 0 aliphatic rings. The van der Waals surface area contributed by atoms with E-state index in [1.165, 1.54) is 10.8 Å². The number of hydrogen-bond acceptors (Lipinski definition) is 4. The molecule has 2 aromatic carbocycles. The number of amides is 1. The molecule has 3 rings (SSSR count). The van der Waals surface area contributed by atoms with E-state index in [4.69, 9.17) is 0 Å². The number of fused-ring (bicyclic) bond motifs is 1. The summed E-state index contributed by atoms with van der Waals surface area (Å²) in [6.07, 6.45) is 1.19. The molecule has 0 atom stereocenters. The number of hydrogen-bond donors (Lipinski definition) is 2. The molecule has 1 amide bonds. The maximum Gasteiger partial charge on any atom is 0.326 e. The van der Waals surface area contributed by atoms with Gasteiger partial charge in [0.2, 0.25) is 0 Å². The molecule has 26 heavy (non-hydrogen) atoms. The SMILES string of the molecule is Cn1c(=O)[nH]c2cc(C(=O)NCc3ccc(CS(C)(=O)=O)cc3)ccc21. The lowest BCUT2D eigenvalue weighted by Crippen LogP contribution is -2.22. The molecule has 0 aliphatic carbocycles. The van der Waals surface area contributed by atoms with Crippen molar-refractivity contribution in [2.45, 2.75) is 12.3 Å². The number of sulfone groups is 1. The Hall–Kier alpha value is -2.87. The number of aromatic amines is 1. The predicted molar refractivity (Wildman–Crippen MR) is 99.7 cm³/mol. The first-order valence-electron chi connectivity index (χ1n) is 7.95. The maximum absolute atomic E-state index is 12.3. The van der Waals surface area contributed by atoms with Crippen LogP contribution in [0.15, 0.2) is 47.3 Å². The summed E-state index contributed by atoms with van der Waals surface area (Å²) in [6, 6.07) is 12.1. The number of nitrogens with one attached hydrogen (secondary N) is 2. The molecule has 1 aromatic heterocycles.